The molecule has 0 aliphatic rings. The molecular formula is C25H20ClFN4O2Si. The summed E-state index contributed by atoms with van der Waals surface area (Å²) in [5, 5.41) is 5.66. The van der Waals surface area contributed by atoms with Gasteiger partial charge in [-0.2, -0.15) is 0 Å². The molecule has 34 heavy (non-hydrogen) atoms. The second-order valence-corrected chi connectivity index (χ2v) is 13.5. The molecule has 0 fully saturated rings. The smallest absolute Gasteiger partial charge is 0.258 e. The third-order valence-electron chi connectivity index (χ3n) is 4.39. The van der Waals surface area contributed by atoms with Crippen LogP contribution in [0.3, 0.4) is 0 Å². The van der Waals surface area contributed by atoms with Crippen molar-refractivity contribution in [2.75, 3.05) is 10.6 Å². The van der Waals surface area contributed by atoms with Crippen molar-refractivity contribution in [1.29, 1.82) is 0 Å². The number of carbonyl (C=O) groups excluding carboxylic acids is 2. The number of hydrogen-bond acceptors (Lipinski definition) is 3. The van der Waals surface area contributed by atoms with E-state index >= 15 is 0 Å². The van der Waals surface area contributed by atoms with Gasteiger partial charge in [-0.05, 0) is 36.4 Å². The van der Waals surface area contributed by atoms with E-state index in [9.17, 15) is 14.0 Å². The van der Waals surface area contributed by atoms with Gasteiger partial charge in [-0.1, -0.05) is 49.3 Å². The number of pyridine rings is 1. The summed E-state index contributed by atoms with van der Waals surface area (Å²) < 4.78 is 14.3. The molecule has 3 rings (SSSR count). The van der Waals surface area contributed by atoms with Crippen molar-refractivity contribution in [2.24, 2.45) is 0 Å². The van der Waals surface area contributed by atoms with Crippen LogP contribution in [0.4, 0.5) is 21.6 Å². The number of amides is 2. The Kier molecular flexibility index (Phi) is 7.47. The van der Waals surface area contributed by atoms with Crippen LogP contribution < -0.4 is 10.6 Å². The molecule has 0 aliphatic heterocycles. The molecule has 0 unspecified atom stereocenters. The van der Waals surface area contributed by atoms with E-state index in [2.05, 4.69) is 51.6 Å². The molecule has 0 saturated heterocycles. The highest BCUT2D eigenvalue weighted by Gasteiger charge is 2.18. The fraction of sp³-hybridized carbons (Fsp3) is 0.120. The minimum absolute atomic E-state index is 0.0786. The number of nitrogens with zero attached hydrogens (tertiary/aromatic N) is 2. The number of nitrogens with one attached hydrogen (secondary N) is 2. The van der Waals surface area contributed by atoms with Crippen molar-refractivity contribution in [3.63, 3.8) is 0 Å². The van der Waals surface area contributed by atoms with Crippen molar-refractivity contribution in [3.05, 3.63) is 93.7 Å². The van der Waals surface area contributed by atoms with Crippen LogP contribution in [0.1, 0.15) is 26.3 Å². The van der Waals surface area contributed by atoms with Crippen LogP contribution in [0.15, 0.2) is 54.7 Å². The van der Waals surface area contributed by atoms with Gasteiger partial charge in [0.1, 0.15) is 19.7 Å². The molecular weight excluding hydrogens is 471 g/mol. The van der Waals surface area contributed by atoms with E-state index in [4.69, 9.17) is 18.2 Å². The lowest BCUT2D eigenvalue weighted by atomic mass is 10.1. The standard InChI is InChI=1S/C25H20ClFN4O2Si/c1-28-18-7-8-19(21(27)14-18)24(32)30-22-9-5-16(11-12-34(2,3)4)13-20(22)25(33)31-23-10-6-17(26)15-29-23/h5-10,13-15H,2-4H3,(H,30,32)(H,29,31,33). The van der Waals surface area contributed by atoms with Crippen LogP contribution >= 0.6 is 11.6 Å². The summed E-state index contributed by atoms with van der Waals surface area (Å²) in [5.74, 6) is 1.23. The van der Waals surface area contributed by atoms with E-state index in [1.165, 1.54) is 18.3 Å². The molecule has 1 heterocycles. The van der Waals surface area contributed by atoms with E-state index < -0.39 is 25.7 Å². The van der Waals surface area contributed by atoms with Crippen molar-refractivity contribution in [1.82, 2.24) is 4.98 Å². The summed E-state index contributed by atoms with van der Waals surface area (Å²) in [6, 6.07) is 11.5. The first-order chi connectivity index (χ1) is 16.1. The lowest BCUT2D eigenvalue weighted by molar-refractivity contribution is 0.102. The molecule has 3 aromatic rings. The van der Waals surface area contributed by atoms with Gasteiger partial charge in [0.25, 0.3) is 11.8 Å². The normalized spacial score (nSPS) is 10.5. The Labute approximate surface area is 203 Å². The molecule has 0 saturated carbocycles. The van der Waals surface area contributed by atoms with Crippen LogP contribution in [-0.4, -0.2) is 24.9 Å². The Hall–Kier alpha value is -3.98. The predicted octanol–water partition coefficient (Wildman–Crippen LogP) is 6.16. The van der Waals surface area contributed by atoms with Crippen LogP contribution in [0, 0.1) is 23.9 Å². The first-order valence-electron chi connectivity index (χ1n) is 10.1. The Morgan fingerprint density at radius 3 is 2.38 bits per heavy atom. The number of halogens is 2. The minimum atomic E-state index is -1.67. The highest BCUT2D eigenvalue weighted by Crippen LogP contribution is 2.23. The highest BCUT2D eigenvalue weighted by atomic mass is 35.5. The average molecular weight is 491 g/mol. The minimum Gasteiger partial charge on any atom is -0.321 e. The molecule has 0 bridgehead atoms. The van der Waals surface area contributed by atoms with Crippen LogP contribution in [0.2, 0.25) is 24.7 Å². The summed E-state index contributed by atoms with van der Waals surface area (Å²) in [4.78, 5) is 33.0. The molecule has 170 valence electrons. The molecule has 0 radical (unpaired) electrons. The highest BCUT2D eigenvalue weighted by molar-refractivity contribution is 6.83. The van der Waals surface area contributed by atoms with E-state index in [0.29, 0.717) is 10.6 Å². The maximum atomic E-state index is 14.3. The zero-order valence-corrected chi connectivity index (χ0v) is 20.4. The van der Waals surface area contributed by atoms with E-state index in [0.717, 1.165) is 6.07 Å². The SMILES string of the molecule is [C-]#[N+]c1ccc(C(=O)Nc2ccc(C#C[Si](C)(C)C)cc2C(=O)Nc2ccc(Cl)cn2)c(F)c1. The Balaban J connectivity index is 1.97. The van der Waals surface area contributed by atoms with Gasteiger partial charge in [0.2, 0.25) is 0 Å². The number of rotatable bonds is 4. The van der Waals surface area contributed by atoms with E-state index in [-0.39, 0.29) is 28.3 Å². The Bertz CT molecular complexity index is 1370. The summed E-state index contributed by atoms with van der Waals surface area (Å²) in [6.07, 6.45) is 1.39. The lowest BCUT2D eigenvalue weighted by Crippen LogP contribution is -2.19. The summed E-state index contributed by atoms with van der Waals surface area (Å²) in [5.41, 5.74) is 3.96. The summed E-state index contributed by atoms with van der Waals surface area (Å²) in [6.45, 7) is 13.3. The average Bonchev–Trinajstić information content (AvgIpc) is 2.79. The zero-order valence-electron chi connectivity index (χ0n) is 18.7. The van der Waals surface area contributed by atoms with Crippen molar-refractivity contribution < 1.29 is 14.0 Å². The fourth-order valence-corrected chi connectivity index (χ4v) is 3.39. The largest absolute Gasteiger partial charge is 0.321 e. The van der Waals surface area contributed by atoms with Crippen LogP contribution in [0.5, 0.6) is 0 Å². The first-order valence-corrected chi connectivity index (χ1v) is 14.0. The molecule has 2 N–H and O–H groups in total. The van der Waals surface area contributed by atoms with E-state index in [1.807, 2.05) is 0 Å². The Morgan fingerprint density at radius 2 is 1.76 bits per heavy atom. The topological polar surface area (TPSA) is 75.5 Å². The molecule has 6 nitrogen and oxygen atoms in total. The second-order valence-electron chi connectivity index (χ2n) is 8.31. The van der Waals surface area contributed by atoms with Gasteiger partial charge in [0.05, 0.1) is 28.4 Å². The van der Waals surface area contributed by atoms with Crippen molar-refractivity contribution >= 4 is 48.7 Å². The molecule has 2 amide bonds. The van der Waals surface area contributed by atoms with Crippen LogP contribution in [0.25, 0.3) is 4.85 Å². The number of hydrogen-bond donors (Lipinski definition) is 2. The fourth-order valence-electron chi connectivity index (χ4n) is 2.76. The zero-order chi connectivity index (χ0) is 24.9. The lowest BCUT2D eigenvalue weighted by Gasteiger charge is -2.13. The molecule has 2 aromatic carbocycles. The summed E-state index contributed by atoms with van der Waals surface area (Å²) >= 11 is 5.85. The maximum Gasteiger partial charge on any atom is 0.258 e. The molecule has 0 spiro atoms. The van der Waals surface area contributed by atoms with Gasteiger partial charge in [-0.3, -0.25) is 9.59 Å². The molecule has 0 aliphatic carbocycles. The molecule has 9 heteroatoms. The van der Waals surface area contributed by atoms with Gasteiger partial charge in [-0.15, -0.1) is 5.54 Å². The predicted molar refractivity (Wildman–Crippen MR) is 134 cm³/mol. The molecule has 1 aromatic heterocycles. The Morgan fingerprint density at radius 1 is 1.03 bits per heavy atom. The third kappa shape index (κ3) is 6.52. The maximum absolute atomic E-state index is 14.3. The van der Waals surface area contributed by atoms with Gasteiger partial charge in [-0.25, -0.2) is 14.2 Å². The number of aromatic nitrogens is 1. The molecule has 0 atom stereocenters. The number of carbonyl (C=O) groups is 2. The third-order valence-corrected chi connectivity index (χ3v) is 5.49. The van der Waals surface area contributed by atoms with Crippen LogP contribution in [-0.2, 0) is 0 Å². The van der Waals surface area contributed by atoms with Crippen molar-refractivity contribution in [2.45, 2.75) is 19.6 Å². The van der Waals surface area contributed by atoms with Crippen molar-refractivity contribution in [3.8, 4) is 11.5 Å². The first kappa shape index (κ1) is 24.7. The quantitative estimate of drug-likeness (QED) is 0.261. The van der Waals surface area contributed by atoms with Gasteiger partial charge in [0.15, 0.2) is 5.69 Å². The number of benzene rings is 2. The summed E-state index contributed by atoms with van der Waals surface area (Å²) in [7, 11) is -1.67. The van der Waals surface area contributed by atoms with Gasteiger partial charge in [0, 0.05) is 11.8 Å². The van der Waals surface area contributed by atoms with E-state index in [1.54, 1.807) is 30.3 Å². The number of anilines is 2. The van der Waals surface area contributed by atoms with Gasteiger partial charge >= 0.3 is 0 Å². The second kappa shape index (κ2) is 10.3. The monoisotopic (exact) mass is 490 g/mol. The van der Waals surface area contributed by atoms with Gasteiger partial charge < -0.3 is 10.6 Å².